The topological polar surface area (TPSA) is 305 Å². The molecule has 0 aliphatic carbocycles. The van der Waals surface area contributed by atoms with Crippen molar-refractivity contribution in [3.63, 3.8) is 0 Å². The molecule has 1 heterocycles. The minimum atomic E-state index is -1.64. The van der Waals surface area contributed by atoms with Crippen LogP contribution in [0.3, 0.4) is 0 Å². The van der Waals surface area contributed by atoms with E-state index in [0.29, 0.717) is 24.9 Å². The van der Waals surface area contributed by atoms with Crippen LogP contribution in [0.4, 0.5) is 5.69 Å². The van der Waals surface area contributed by atoms with Gasteiger partial charge in [-0.1, -0.05) is 109 Å². The van der Waals surface area contributed by atoms with Crippen molar-refractivity contribution in [2.75, 3.05) is 61.6 Å². The lowest BCUT2D eigenvalue weighted by molar-refractivity contribution is -0.157. The second-order valence-corrected chi connectivity index (χ2v) is 27.9. The molecule has 1 saturated heterocycles. The van der Waals surface area contributed by atoms with Gasteiger partial charge in [0.1, 0.15) is 60.4 Å². The number of nitrogens with zero attached hydrogens (tertiary/aromatic N) is 7. The van der Waals surface area contributed by atoms with Gasteiger partial charge in [0.15, 0.2) is 0 Å². The molecular weight excluding hydrogens is 1160 g/mol. The minimum Gasteiger partial charge on any atom is -0.399 e. The summed E-state index contributed by atoms with van der Waals surface area (Å²) in [4.78, 5) is 170. The predicted octanol–water partition coefficient (Wildman–Crippen LogP) is 3.91. The highest BCUT2D eigenvalue weighted by molar-refractivity contribution is 5.99. The van der Waals surface area contributed by atoms with E-state index in [9.17, 15) is 38.7 Å². The molecule has 24 nitrogen and oxygen atoms in total. The quantitative estimate of drug-likeness (QED) is 0.121. The normalized spacial score (nSPS) is 25.8. The Morgan fingerprint density at radius 1 is 0.495 bits per heavy atom. The summed E-state index contributed by atoms with van der Waals surface area (Å²) >= 11 is 0. The third kappa shape index (κ3) is 22.7. The van der Waals surface area contributed by atoms with Crippen LogP contribution in [0.15, 0.2) is 24.3 Å². The summed E-state index contributed by atoms with van der Waals surface area (Å²) in [6.07, 6.45) is 0.629. The molecule has 1 aromatic carbocycles. The number of carbonyl (C=O) groups excluding carboxylic acids is 11. The molecule has 24 heteroatoms. The van der Waals surface area contributed by atoms with Crippen molar-refractivity contribution in [3.05, 3.63) is 29.8 Å². The van der Waals surface area contributed by atoms with Gasteiger partial charge in [-0.3, -0.25) is 52.7 Å². The zero-order valence-corrected chi connectivity index (χ0v) is 59.2. The number of aliphatic hydroxyl groups excluding tert-OH is 1. The number of benzene rings is 1. The Morgan fingerprint density at radius 2 is 0.945 bits per heavy atom. The minimum absolute atomic E-state index is 0.0106. The highest BCUT2D eigenvalue weighted by atomic mass is 16.3. The molecule has 516 valence electrons. The van der Waals surface area contributed by atoms with Crippen molar-refractivity contribution in [3.8, 4) is 0 Å². The largest absolute Gasteiger partial charge is 0.399 e. The number of aliphatic hydroxyl groups is 1. The Labute approximate surface area is 543 Å². The molecule has 3 unspecified atom stereocenters. The third-order valence-electron chi connectivity index (χ3n) is 17.4. The Morgan fingerprint density at radius 3 is 1.43 bits per heavy atom. The molecule has 1 aromatic rings. The molecular formula is C67H116N12O12. The smallest absolute Gasteiger partial charge is 0.246 e. The second-order valence-electron chi connectivity index (χ2n) is 27.9. The molecule has 0 saturated carbocycles. The third-order valence-corrected chi connectivity index (χ3v) is 17.4. The van der Waals surface area contributed by atoms with Gasteiger partial charge in [-0.15, -0.1) is 0 Å². The van der Waals surface area contributed by atoms with Crippen LogP contribution in [-0.4, -0.2) is 227 Å². The maximum atomic E-state index is 15.3. The molecule has 91 heavy (non-hydrogen) atoms. The van der Waals surface area contributed by atoms with Crippen molar-refractivity contribution in [1.82, 2.24) is 55.6 Å². The van der Waals surface area contributed by atoms with Gasteiger partial charge in [-0.2, -0.15) is 0 Å². The molecule has 0 aromatic heterocycles. The number of likely N-dealkylation sites (N-methyl/N-ethyl adjacent to an activating group) is 7. The van der Waals surface area contributed by atoms with Gasteiger partial charge in [0.25, 0.3) is 0 Å². The second kappa shape index (κ2) is 36.4. The van der Waals surface area contributed by atoms with Crippen molar-refractivity contribution in [2.45, 2.75) is 229 Å². The van der Waals surface area contributed by atoms with Crippen LogP contribution in [0, 0.1) is 41.4 Å². The molecule has 2 rings (SSSR count). The average Bonchev–Trinajstić information content (AvgIpc) is 0.888. The first kappa shape index (κ1) is 80.2. The average molecular weight is 1280 g/mol. The number of anilines is 1. The first-order chi connectivity index (χ1) is 42.1. The van der Waals surface area contributed by atoms with Crippen molar-refractivity contribution < 1.29 is 57.8 Å². The van der Waals surface area contributed by atoms with Gasteiger partial charge in [0.05, 0.1) is 12.6 Å². The highest BCUT2D eigenvalue weighted by Crippen LogP contribution is 2.26. The Hall–Kier alpha value is -6.85. The van der Waals surface area contributed by atoms with Crippen LogP contribution in [0.2, 0.25) is 0 Å². The molecule has 0 spiro atoms. The number of hydrogen-bond acceptors (Lipinski definition) is 13. The summed E-state index contributed by atoms with van der Waals surface area (Å²) in [7, 11) is 9.94. The Bertz CT molecular complexity index is 2650. The van der Waals surface area contributed by atoms with Crippen LogP contribution in [0.5, 0.6) is 0 Å². The van der Waals surface area contributed by atoms with Crippen LogP contribution in [0.25, 0.3) is 0 Å². The summed E-state index contributed by atoms with van der Waals surface area (Å²) in [5.41, 5.74) is 7.62. The van der Waals surface area contributed by atoms with Crippen molar-refractivity contribution >= 4 is 70.7 Å². The number of nitrogens with two attached hydrogens (primary N) is 1. The first-order valence-electron chi connectivity index (χ1n) is 32.7. The molecule has 1 aliphatic rings. The Balaban J connectivity index is 2.98. The lowest BCUT2D eigenvalue weighted by Gasteiger charge is -2.41. The number of rotatable bonds is 17. The number of hydrogen-bond donors (Lipinski definition) is 6. The molecule has 12 atom stereocenters. The Kier molecular flexibility index (Phi) is 32.1. The van der Waals surface area contributed by atoms with Gasteiger partial charge in [0, 0.05) is 55.0 Å². The summed E-state index contributed by atoms with van der Waals surface area (Å²) in [6.45, 7) is 27.6. The highest BCUT2D eigenvalue weighted by Gasteiger charge is 2.46. The molecule has 7 N–H and O–H groups in total. The van der Waals surface area contributed by atoms with Crippen molar-refractivity contribution in [2.24, 2.45) is 41.4 Å². The van der Waals surface area contributed by atoms with Gasteiger partial charge in [-0.05, 0) is 124 Å². The number of nitrogens with one attached hydrogen (secondary N) is 4. The van der Waals surface area contributed by atoms with E-state index >= 15 is 19.2 Å². The number of aryl methyl sites for hydroxylation is 1. The molecule has 0 bridgehead atoms. The van der Waals surface area contributed by atoms with E-state index in [-0.39, 0.29) is 55.8 Å². The lowest BCUT2D eigenvalue weighted by Crippen LogP contribution is -2.63. The fourth-order valence-electron chi connectivity index (χ4n) is 11.7. The van der Waals surface area contributed by atoms with Gasteiger partial charge < -0.3 is 66.4 Å². The van der Waals surface area contributed by atoms with E-state index in [0.717, 1.165) is 15.4 Å². The standard InChI is InChI=1S/C67H116N12O12/c1-24-48-63(87)73(17)36-53(80)74(18)49(31-37(2)3)60(84)72-54(41(10)11)66(90)75(19)50(32-38(4)5)59(83)69-44(15)58(82)70-45(16)62(86)76(20)51(33-39(6)7)64(88)77(21)52(34-40(8)9)65(89)78(22)55(42(12)13)67(91)79(23)56(61(85)71-48)57(81)43(14)27-25-28-46-29-26-30-47(68)35-46/h26,29-30,35,37-45,48-52,54-57,81H,24-25,27-28,31-34,36,68H2,1-23H3,(H,69,83)(H,70,82)(H,71,85)(H,72,84)/t43?,44-,45+,48-,49-,50-,51-,52-,54-,55-,56?,57?/m0/s1. The zero-order valence-electron chi connectivity index (χ0n) is 59.2. The van der Waals surface area contributed by atoms with E-state index in [2.05, 4.69) is 21.3 Å². The summed E-state index contributed by atoms with van der Waals surface area (Å²) in [5, 5.41) is 23.4. The summed E-state index contributed by atoms with van der Waals surface area (Å²) < 4.78 is 0. The number of amides is 11. The van der Waals surface area contributed by atoms with Crippen LogP contribution < -0.4 is 27.0 Å². The van der Waals surface area contributed by atoms with E-state index in [1.54, 1.807) is 47.6 Å². The van der Waals surface area contributed by atoms with E-state index in [4.69, 9.17) is 5.73 Å². The maximum Gasteiger partial charge on any atom is 0.246 e. The van der Waals surface area contributed by atoms with Gasteiger partial charge in [-0.25, -0.2) is 0 Å². The number of nitrogen functional groups attached to an aromatic ring is 1. The SMILES string of the molecule is CC[C@@H]1NC(=O)C(C(O)C(C)CCCc2cccc(N)c2)N(C)C(=O)[C@H](C(C)C)N(C)C(=O)[C@H](CC(C)C)N(C)C(=O)[C@H](CC(C)C)N(C)C(=O)[C@@H](C)NC(=O)[C@H](C)NC(=O)[C@H](CC(C)C)N(C)C(=O)[C@H](C(C)C)NC(=O)[C@H](CC(C)C)N(C)C(=O)CN(C)C1=O. The van der Waals surface area contributed by atoms with E-state index in [1.807, 2.05) is 73.6 Å². The molecule has 0 radical (unpaired) electrons. The van der Waals surface area contributed by atoms with E-state index < -0.39 is 156 Å². The van der Waals surface area contributed by atoms with Crippen molar-refractivity contribution in [1.29, 1.82) is 0 Å². The van der Waals surface area contributed by atoms with Gasteiger partial charge >= 0.3 is 0 Å². The summed E-state index contributed by atoms with van der Waals surface area (Å²) in [5.74, 6) is -9.83. The van der Waals surface area contributed by atoms with Crippen LogP contribution >= 0.6 is 0 Å². The van der Waals surface area contributed by atoms with Gasteiger partial charge in [0.2, 0.25) is 65.0 Å². The number of carbonyl (C=O) groups is 11. The first-order valence-corrected chi connectivity index (χ1v) is 32.7. The molecule has 1 aliphatic heterocycles. The van der Waals surface area contributed by atoms with Crippen LogP contribution in [0.1, 0.15) is 161 Å². The monoisotopic (exact) mass is 1280 g/mol. The summed E-state index contributed by atoms with van der Waals surface area (Å²) in [6, 6.07) is -5.05. The molecule has 11 amide bonds. The fraction of sp³-hybridized carbons (Fsp3) is 0.746. The zero-order chi connectivity index (χ0) is 70.0. The lowest BCUT2D eigenvalue weighted by atomic mass is 9.89. The maximum absolute atomic E-state index is 15.3. The molecule has 1 fully saturated rings. The van der Waals surface area contributed by atoms with E-state index in [1.165, 1.54) is 87.7 Å². The van der Waals surface area contributed by atoms with Crippen LogP contribution in [-0.2, 0) is 59.2 Å². The predicted molar refractivity (Wildman–Crippen MR) is 353 cm³/mol. The fourth-order valence-corrected chi connectivity index (χ4v) is 11.7.